The lowest BCUT2D eigenvalue weighted by atomic mass is 9.97. The van der Waals surface area contributed by atoms with Crippen molar-refractivity contribution in [2.24, 2.45) is 0 Å². The summed E-state index contributed by atoms with van der Waals surface area (Å²) in [6.07, 6.45) is 0. The second-order valence-corrected chi connectivity index (χ2v) is 6.93. The SMILES string of the molecule is CC(=O)c1ccc(NC(=O)c2c(C)c(-c3ccccc3)nc3ccccc23)cc1. The number of nitrogens with zero attached hydrogens (tertiary/aromatic N) is 1. The van der Waals surface area contributed by atoms with Gasteiger partial charge in [-0.05, 0) is 49.7 Å². The summed E-state index contributed by atoms with van der Waals surface area (Å²) in [7, 11) is 0. The van der Waals surface area contributed by atoms with Crippen LogP contribution in [0, 0.1) is 6.92 Å². The summed E-state index contributed by atoms with van der Waals surface area (Å²) in [4.78, 5) is 29.5. The van der Waals surface area contributed by atoms with E-state index in [1.807, 2.05) is 61.5 Å². The molecule has 0 saturated carbocycles. The molecule has 4 heteroatoms. The average Bonchev–Trinajstić information content (AvgIpc) is 2.74. The van der Waals surface area contributed by atoms with Crippen LogP contribution in [-0.2, 0) is 0 Å². The van der Waals surface area contributed by atoms with Gasteiger partial charge in [0.05, 0.1) is 16.8 Å². The van der Waals surface area contributed by atoms with Gasteiger partial charge in [0.1, 0.15) is 0 Å². The number of amides is 1. The van der Waals surface area contributed by atoms with E-state index in [0.717, 1.165) is 27.7 Å². The highest BCUT2D eigenvalue weighted by Gasteiger charge is 2.19. The zero-order valence-corrected chi connectivity index (χ0v) is 16.3. The summed E-state index contributed by atoms with van der Waals surface area (Å²) in [5, 5.41) is 3.77. The molecule has 29 heavy (non-hydrogen) atoms. The van der Waals surface area contributed by atoms with Crippen LogP contribution in [0.4, 0.5) is 5.69 Å². The summed E-state index contributed by atoms with van der Waals surface area (Å²) in [5.41, 5.74) is 5.21. The van der Waals surface area contributed by atoms with E-state index >= 15 is 0 Å². The first-order valence-electron chi connectivity index (χ1n) is 9.41. The first-order chi connectivity index (χ1) is 14.0. The Kier molecular flexibility index (Phi) is 4.92. The summed E-state index contributed by atoms with van der Waals surface area (Å²) in [5.74, 6) is -0.208. The van der Waals surface area contributed by atoms with Crippen LogP contribution in [0.3, 0.4) is 0 Å². The van der Waals surface area contributed by atoms with Crippen LogP contribution in [0.25, 0.3) is 22.2 Å². The molecule has 0 bridgehead atoms. The number of hydrogen-bond donors (Lipinski definition) is 1. The lowest BCUT2D eigenvalue weighted by Gasteiger charge is -2.15. The van der Waals surface area contributed by atoms with Gasteiger partial charge in [0, 0.05) is 22.2 Å². The van der Waals surface area contributed by atoms with E-state index in [-0.39, 0.29) is 11.7 Å². The molecule has 1 heterocycles. The average molecular weight is 380 g/mol. The Balaban J connectivity index is 1.80. The molecular weight excluding hydrogens is 360 g/mol. The van der Waals surface area contributed by atoms with Crippen molar-refractivity contribution in [1.82, 2.24) is 4.98 Å². The number of anilines is 1. The van der Waals surface area contributed by atoms with Crippen molar-refractivity contribution in [3.63, 3.8) is 0 Å². The number of benzene rings is 3. The Morgan fingerprint density at radius 2 is 1.48 bits per heavy atom. The third kappa shape index (κ3) is 3.65. The molecule has 4 nitrogen and oxygen atoms in total. The van der Waals surface area contributed by atoms with E-state index in [1.54, 1.807) is 24.3 Å². The second kappa shape index (κ2) is 7.68. The van der Waals surface area contributed by atoms with Crippen LogP contribution in [0.15, 0.2) is 78.9 Å². The number of fused-ring (bicyclic) bond motifs is 1. The molecule has 4 rings (SSSR count). The molecule has 1 aromatic heterocycles. The van der Waals surface area contributed by atoms with Crippen LogP contribution < -0.4 is 5.32 Å². The molecule has 0 radical (unpaired) electrons. The van der Waals surface area contributed by atoms with Crippen LogP contribution in [0.5, 0.6) is 0 Å². The highest BCUT2D eigenvalue weighted by Crippen LogP contribution is 2.30. The summed E-state index contributed by atoms with van der Waals surface area (Å²) < 4.78 is 0. The van der Waals surface area contributed by atoms with Gasteiger partial charge in [-0.1, -0.05) is 48.5 Å². The van der Waals surface area contributed by atoms with Crippen LogP contribution >= 0.6 is 0 Å². The molecule has 142 valence electrons. The maximum absolute atomic E-state index is 13.2. The number of carbonyl (C=O) groups excluding carboxylic acids is 2. The minimum Gasteiger partial charge on any atom is -0.322 e. The fraction of sp³-hybridized carbons (Fsp3) is 0.0800. The van der Waals surface area contributed by atoms with Gasteiger partial charge in [-0.3, -0.25) is 9.59 Å². The maximum atomic E-state index is 13.2. The Labute approximate surface area is 169 Å². The number of nitrogens with one attached hydrogen (secondary N) is 1. The number of rotatable bonds is 4. The highest BCUT2D eigenvalue weighted by atomic mass is 16.1. The predicted molar refractivity (Wildman–Crippen MR) is 116 cm³/mol. The molecule has 1 N–H and O–H groups in total. The van der Waals surface area contributed by atoms with Crippen molar-refractivity contribution in [1.29, 1.82) is 0 Å². The Hall–Kier alpha value is -3.79. The fourth-order valence-corrected chi connectivity index (χ4v) is 3.46. The fourth-order valence-electron chi connectivity index (χ4n) is 3.46. The molecule has 0 unspecified atom stereocenters. The molecule has 0 aliphatic rings. The second-order valence-electron chi connectivity index (χ2n) is 6.93. The number of ketones is 1. The molecular formula is C25H20N2O2. The van der Waals surface area contributed by atoms with Crippen molar-refractivity contribution in [2.45, 2.75) is 13.8 Å². The van der Waals surface area contributed by atoms with Gasteiger partial charge in [-0.25, -0.2) is 4.98 Å². The van der Waals surface area contributed by atoms with Gasteiger partial charge in [0.15, 0.2) is 5.78 Å². The van der Waals surface area contributed by atoms with Crippen molar-refractivity contribution in [3.05, 3.63) is 95.6 Å². The number of hydrogen-bond acceptors (Lipinski definition) is 3. The zero-order valence-electron chi connectivity index (χ0n) is 16.3. The maximum Gasteiger partial charge on any atom is 0.256 e. The van der Waals surface area contributed by atoms with E-state index < -0.39 is 0 Å². The van der Waals surface area contributed by atoms with Gasteiger partial charge < -0.3 is 5.32 Å². The first-order valence-corrected chi connectivity index (χ1v) is 9.41. The third-order valence-electron chi connectivity index (χ3n) is 4.96. The van der Waals surface area contributed by atoms with E-state index in [0.29, 0.717) is 16.8 Å². The van der Waals surface area contributed by atoms with Crippen LogP contribution in [0.1, 0.15) is 33.2 Å². The lowest BCUT2D eigenvalue weighted by Crippen LogP contribution is -2.15. The quantitative estimate of drug-likeness (QED) is 0.464. The zero-order chi connectivity index (χ0) is 20.4. The van der Waals surface area contributed by atoms with Crippen molar-refractivity contribution < 1.29 is 9.59 Å². The minimum atomic E-state index is -0.200. The van der Waals surface area contributed by atoms with Gasteiger partial charge in [-0.15, -0.1) is 0 Å². The number of para-hydroxylation sites is 1. The van der Waals surface area contributed by atoms with Crippen molar-refractivity contribution in [3.8, 4) is 11.3 Å². The summed E-state index contributed by atoms with van der Waals surface area (Å²) >= 11 is 0. The van der Waals surface area contributed by atoms with Gasteiger partial charge in [0.2, 0.25) is 0 Å². The van der Waals surface area contributed by atoms with E-state index in [4.69, 9.17) is 4.98 Å². The molecule has 0 spiro atoms. The molecule has 4 aromatic rings. The molecule has 3 aromatic carbocycles. The van der Waals surface area contributed by atoms with Gasteiger partial charge in [0.25, 0.3) is 5.91 Å². The minimum absolute atomic E-state index is 0.00801. The Morgan fingerprint density at radius 3 is 2.17 bits per heavy atom. The highest BCUT2D eigenvalue weighted by molar-refractivity contribution is 6.14. The molecule has 0 atom stereocenters. The molecule has 0 saturated heterocycles. The molecule has 1 amide bonds. The topological polar surface area (TPSA) is 59.1 Å². The summed E-state index contributed by atoms with van der Waals surface area (Å²) in [6, 6.07) is 24.4. The van der Waals surface area contributed by atoms with Gasteiger partial charge >= 0.3 is 0 Å². The van der Waals surface area contributed by atoms with Gasteiger partial charge in [-0.2, -0.15) is 0 Å². The number of carbonyl (C=O) groups is 2. The Morgan fingerprint density at radius 1 is 0.828 bits per heavy atom. The lowest BCUT2D eigenvalue weighted by molar-refractivity contribution is 0.101. The standard InChI is InChI=1S/C25H20N2O2/c1-16-23(25(29)26-20-14-12-18(13-15-20)17(2)28)21-10-6-7-11-22(21)27-24(16)19-8-4-3-5-9-19/h3-15H,1-2H3,(H,26,29). The molecule has 0 aliphatic carbocycles. The monoisotopic (exact) mass is 380 g/mol. The largest absolute Gasteiger partial charge is 0.322 e. The predicted octanol–water partition coefficient (Wildman–Crippen LogP) is 5.67. The van der Waals surface area contributed by atoms with E-state index in [9.17, 15) is 9.59 Å². The van der Waals surface area contributed by atoms with Crippen molar-refractivity contribution in [2.75, 3.05) is 5.32 Å². The molecule has 0 aliphatic heterocycles. The van der Waals surface area contributed by atoms with Crippen LogP contribution in [0.2, 0.25) is 0 Å². The third-order valence-corrected chi connectivity index (χ3v) is 4.96. The smallest absolute Gasteiger partial charge is 0.256 e. The number of pyridine rings is 1. The number of Topliss-reactive ketones (excluding diaryl/α,β-unsaturated/α-hetero) is 1. The Bertz CT molecular complexity index is 1210. The molecule has 0 fully saturated rings. The first kappa shape index (κ1) is 18.6. The summed E-state index contributed by atoms with van der Waals surface area (Å²) in [6.45, 7) is 3.45. The normalized spacial score (nSPS) is 10.7. The van der Waals surface area contributed by atoms with Crippen molar-refractivity contribution >= 4 is 28.3 Å². The number of aromatic nitrogens is 1. The van der Waals surface area contributed by atoms with E-state index in [1.165, 1.54) is 6.92 Å². The van der Waals surface area contributed by atoms with E-state index in [2.05, 4.69) is 5.32 Å². The van der Waals surface area contributed by atoms with Crippen LogP contribution in [-0.4, -0.2) is 16.7 Å².